The van der Waals surface area contributed by atoms with Crippen LogP contribution in [0, 0.1) is 0 Å². The minimum atomic E-state index is 0.248. The van der Waals surface area contributed by atoms with Crippen molar-refractivity contribution in [3.05, 3.63) is 29.6 Å². The molecule has 84 valence electrons. The number of pyridine rings is 1. The molecule has 0 saturated carbocycles. The third-order valence-corrected chi connectivity index (χ3v) is 3.10. The summed E-state index contributed by atoms with van der Waals surface area (Å²) >= 11 is 1.85. The van der Waals surface area contributed by atoms with Gasteiger partial charge in [-0.25, -0.2) is 0 Å². The highest BCUT2D eigenvalue weighted by Gasteiger charge is 2.04. The number of nitrogens with two attached hydrogens (primary N) is 1. The van der Waals surface area contributed by atoms with Crippen LogP contribution in [0.3, 0.4) is 0 Å². The second kappa shape index (κ2) is 6.85. The summed E-state index contributed by atoms with van der Waals surface area (Å²) in [5.41, 5.74) is 8.41. The summed E-state index contributed by atoms with van der Waals surface area (Å²) in [6, 6.07) is 4.49. The summed E-state index contributed by atoms with van der Waals surface area (Å²) in [6.45, 7) is 2.14. The van der Waals surface area contributed by atoms with E-state index in [-0.39, 0.29) is 6.04 Å². The zero-order valence-corrected chi connectivity index (χ0v) is 10.4. The first-order chi connectivity index (χ1) is 7.26. The lowest BCUT2D eigenvalue weighted by Crippen LogP contribution is -2.24. The fourth-order valence-corrected chi connectivity index (χ4v) is 1.96. The van der Waals surface area contributed by atoms with Gasteiger partial charge in [-0.3, -0.25) is 4.98 Å². The molecule has 0 aromatic carbocycles. The lowest BCUT2D eigenvalue weighted by atomic mass is 10.1. The zero-order chi connectivity index (χ0) is 11.1. The Labute approximate surface area is 96.7 Å². The second-order valence-corrected chi connectivity index (χ2v) is 4.74. The number of hydrogen-bond donors (Lipinski definition) is 1. The van der Waals surface area contributed by atoms with Crippen LogP contribution >= 0.6 is 11.8 Å². The summed E-state index contributed by atoms with van der Waals surface area (Å²) in [7, 11) is 0. The molecule has 0 bridgehead atoms. The normalized spacial score (nSPS) is 12.7. The average molecular weight is 224 g/mol. The van der Waals surface area contributed by atoms with Crippen LogP contribution in [0.5, 0.6) is 0 Å². The molecule has 0 spiro atoms. The van der Waals surface area contributed by atoms with Gasteiger partial charge in [-0.1, -0.05) is 13.0 Å². The van der Waals surface area contributed by atoms with Crippen LogP contribution in [0.1, 0.15) is 24.6 Å². The monoisotopic (exact) mass is 224 g/mol. The molecule has 3 heteroatoms. The van der Waals surface area contributed by atoms with Crippen LogP contribution in [0.4, 0.5) is 0 Å². The molecule has 1 aromatic rings. The molecular weight excluding hydrogens is 204 g/mol. The SMILES string of the molecule is CCc1ccc(CC(N)CCSC)nc1. The summed E-state index contributed by atoms with van der Waals surface area (Å²) in [4.78, 5) is 4.41. The van der Waals surface area contributed by atoms with Crippen LogP contribution in [0.2, 0.25) is 0 Å². The Balaban J connectivity index is 2.42. The summed E-state index contributed by atoms with van der Waals surface area (Å²) < 4.78 is 0. The van der Waals surface area contributed by atoms with Crippen molar-refractivity contribution in [3.63, 3.8) is 0 Å². The molecule has 1 aromatic heterocycles. The topological polar surface area (TPSA) is 38.9 Å². The minimum absolute atomic E-state index is 0.248. The lowest BCUT2D eigenvalue weighted by Gasteiger charge is -2.10. The highest BCUT2D eigenvalue weighted by atomic mass is 32.2. The van der Waals surface area contributed by atoms with Gasteiger partial charge in [-0.15, -0.1) is 0 Å². The molecule has 1 atom stereocenters. The van der Waals surface area contributed by atoms with Gasteiger partial charge < -0.3 is 5.73 Å². The largest absolute Gasteiger partial charge is 0.327 e. The van der Waals surface area contributed by atoms with Gasteiger partial charge in [0, 0.05) is 24.4 Å². The molecular formula is C12H20N2S. The van der Waals surface area contributed by atoms with Gasteiger partial charge in [-0.05, 0) is 36.5 Å². The first-order valence-corrected chi connectivity index (χ1v) is 6.84. The summed E-state index contributed by atoms with van der Waals surface area (Å²) in [6.07, 6.45) is 7.08. The Morgan fingerprint density at radius 3 is 2.80 bits per heavy atom. The third-order valence-electron chi connectivity index (χ3n) is 2.46. The number of aromatic nitrogens is 1. The molecule has 1 unspecified atom stereocenters. The standard InChI is InChI=1S/C12H20N2S/c1-3-10-4-5-12(14-9-10)8-11(13)6-7-15-2/h4-5,9,11H,3,6-8,13H2,1-2H3. The second-order valence-electron chi connectivity index (χ2n) is 3.76. The van der Waals surface area contributed by atoms with Crippen LogP contribution in [-0.4, -0.2) is 23.0 Å². The quantitative estimate of drug-likeness (QED) is 0.805. The van der Waals surface area contributed by atoms with E-state index in [1.807, 2.05) is 18.0 Å². The molecule has 1 rings (SSSR count). The molecule has 15 heavy (non-hydrogen) atoms. The van der Waals surface area contributed by atoms with Crippen molar-refractivity contribution < 1.29 is 0 Å². The van der Waals surface area contributed by atoms with E-state index < -0.39 is 0 Å². The Bertz CT molecular complexity index is 271. The van der Waals surface area contributed by atoms with Crippen molar-refractivity contribution in [3.8, 4) is 0 Å². The molecule has 0 aliphatic carbocycles. The molecule has 0 amide bonds. The van der Waals surface area contributed by atoms with E-state index in [4.69, 9.17) is 5.73 Å². The van der Waals surface area contributed by atoms with Crippen LogP contribution in [-0.2, 0) is 12.8 Å². The van der Waals surface area contributed by atoms with E-state index in [2.05, 4.69) is 30.3 Å². The van der Waals surface area contributed by atoms with Crippen LogP contribution in [0.25, 0.3) is 0 Å². The molecule has 0 aliphatic rings. The Morgan fingerprint density at radius 1 is 1.47 bits per heavy atom. The zero-order valence-electron chi connectivity index (χ0n) is 9.57. The van der Waals surface area contributed by atoms with Gasteiger partial charge in [0.25, 0.3) is 0 Å². The Kier molecular flexibility index (Phi) is 5.73. The molecule has 2 nitrogen and oxygen atoms in total. The number of hydrogen-bond acceptors (Lipinski definition) is 3. The third kappa shape index (κ3) is 4.67. The van der Waals surface area contributed by atoms with Crippen LogP contribution < -0.4 is 5.73 Å². The minimum Gasteiger partial charge on any atom is -0.327 e. The first kappa shape index (κ1) is 12.5. The van der Waals surface area contributed by atoms with Gasteiger partial charge in [0.2, 0.25) is 0 Å². The maximum atomic E-state index is 6.01. The molecule has 0 radical (unpaired) electrons. The van der Waals surface area contributed by atoms with Crippen molar-refractivity contribution in [1.82, 2.24) is 4.98 Å². The van der Waals surface area contributed by atoms with Crippen molar-refractivity contribution >= 4 is 11.8 Å². The summed E-state index contributed by atoms with van der Waals surface area (Å²) in [5, 5.41) is 0. The maximum absolute atomic E-state index is 6.01. The smallest absolute Gasteiger partial charge is 0.0419 e. The van der Waals surface area contributed by atoms with Gasteiger partial charge >= 0.3 is 0 Å². The highest BCUT2D eigenvalue weighted by Crippen LogP contribution is 2.06. The van der Waals surface area contributed by atoms with E-state index in [0.29, 0.717) is 0 Å². The van der Waals surface area contributed by atoms with Crippen molar-refractivity contribution in [2.24, 2.45) is 5.73 Å². The van der Waals surface area contributed by atoms with Crippen molar-refractivity contribution in [1.29, 1.82) is 0 Å². The number of thioether (sulfide) groups is 1. The molecule has 2 N–H and O–H groups in total. The van der Waals surface area contributed by atoms with Crippen molar-refractivity contribution in [2.45, 2.75) is 32.2 Å². The highest BCUT2D eigenvalue weighted by molar-refractivity contribution is 7.98. The Morgan fingerprint density at radius 2 is 2.27 bits per heavy atom. The van der Waals surface area contributed by atoms with E-state index in [1.165, 1.54) is 5.56 Å². The predicted octanol–water partition coefficient (Wildman–Crippen LogP) is 2.27. The predicted molar refractivity (Wildman–Crippen MR) is 68.3 cm³/mol. The lowest BCUT2D eigenvalue weighted by molar-refractivity contribution is 0.641. The van der Waals surface area contributed by atoms with Gasteiger partial charge in [0.15, 0.2) is 0 Å². The van der Waals surface area contributed by atoms with Crippen molar-refractivity contribution in [2.75, 3.05) is 12.0 Å². The molecule has 1 heterocycles. The number of nitrogens with zero attached hydrogens (tertiary/aromatic N) is 1. The van der Waals surface area contributed by atoms with Gasteiger partial charge in [0.1, 0.15) is 0 Å². The fourth-order valence-electron chi connectivity index (χ4n) is 1.42. The fraction of sp³-hybridized carbons (Fsp3) is 0.583. The molecule has 0 saturated heterocycles. The summed E-state index contributed by atoms with van der Waals surface area (Å²) in [5.74, 6) is 1.13. The van der Waals surface area contributed by atoms with Gasteiger partial charge in [0.05, 0.1) is 0 Å². The molecule has 0 aliphatic heterocycles. The van der Waals surface area contributed by atoms with E-state index in [9.17, 15) is 0 Å². The van der Waals surface area contributed by atoms with E-state index in [1.54, 1.807) is 0 Å². The van der Waals surface area contributed by atoms with E-state index >= 15 is 0 Å². The van der Waals surface area contributed by atoms with Gasteiger partial charge in [-0.2, -0.15) is 11.8 Å². The van der Waals surface area contributed by atoms with Crippen LogP contribution in [0.15, 0.2) is 18.3 Å². The maximum Gasteiger partial charge on any atom is 0.0419 e. The number of rotatable bonds is 6. The number of aryl methyl sites for hydroxylation is 1. The first-order valence-electron chi connectivity index (χ1n) is 5.44. The van der Waals surface area contributed by atoms with E-state index in [0.717, 1.165) is 30.7 Å². The molecule has 0 fully saturated rings. The average Bonchev–Trinajstić information content (AvgIpc) is 2.27. The Hall–Kier alpha value is -0.540.